The number of rotatable bonds is 5. The van der Waals surface area contributed by atoms with E-state index in [-0.39, 0.29) is 5.91 Å². The Bertz CT molecular complexity index is 667. The molecule has 2 heterocycles. The van der Waals surface area contributed by atoms with Crippen molar-refractivity contribution in [2.24, 2.45) is 0 Å². The highest BCUT2D eigenvalue weighted by Gasteiger charge is 2.14. The summed E-state index contributed by atoms with van der Waals surface area (Å²) < 4.78 is 13.1. The van der Waals surface area contributed by atoms with Gasteiger partial charge in [-0.05, 0) is 37.5 Å². The van der Waals surface area contributed by atoms with E-state index in [9.17, 15) is 9.18 Å². The maximum Gasteiger partial charge on any atom is 0.251 e. The van der Waals surface area contributed by atoms with E-state index in [0.29, 0.717) is 18.5 Å². The zero-order chi connectivity index (χ0) is 16.1. The first kappa shape index (κ1) is 15.9. The van der Waals surface area contributed by atoms with Crippen molar-refractivity contribution >= 4 is 22.4 Å². The number of nitrogens with zero attached hydrogens (tertiary/aromatic N) is 2. The van der Waals surface area contributed by atoms with Crippen LogP contribution in [0.3, 0.4) is 0 Å². The monoisotopic (exact) mass is 333 g/mol. The number of carbonyl (C=O) groups excluding carboxylic acids is 1. The minimum absolute atomic E-state index is 0.254. The van der Waals surface area contributed by atoms with Crippen molar-refractivity contribution in [3.63, 3.8) is 0 Å². The van der Waals surface area contributed by atoms with E-state index in [1.165, 1.54) is 37.5 Å². The Morgan fingerprint density at radius 1 is 1.30 bits per heavy atom. The fraction of sp³-hybridized carbons (Fsp3) is 0.412. The summed E-state index contributed by atoms with van der Waals surface area (Å²) in [6.07, 6.45) is 4.46. The van der Waals surface area contributed by atoms with Gasteiger partial charge < -0.3 is 10.2 Å². The second-order valence-corrected chi connectivity index (χ2v) is 6.52. The third-order valence-electron chi connectivity index (χ3n) is 3.92. The standard InChI is InChI=1S/C17H20FN3OS/c18-14-6-4-5-13(11-14)16(22)19-8-7-15-12-23-17(20-15)21-9-2-1-3-10-21/h4-6,11-12H,1-3,7-10H2,(H,19,22). The van der Waals surface area contributed by atoms with Crippen LogP contribution in [-0.2, 0) is 6.42 Å². The van der Waals surface area contributed by atoms with Crippen molar-refractivity contribution in [2.45, 2.75) is 25.7 Å². The minimum Gasteiger partial charge on any atom is -0.352 e. The van der Waals surface area contributed by atoms with Crippen LogP contribution in [0.5, 0.6) is 0 Å². The highest BCUT2D eigenvalue weighted by molar-refractivity contribution is 7.13. The minimum atomic E-state index is -0.400. The summed E-state index contributed by atoms with van der Waals surface area (Å²) in [5, 5.41) is 5.94. The van der Waals surface area contributed by atoms with Crippen LogP contribution in [0.1, 0.15) is 35.3 Å². The normalized spacial score (nSPS) is 14.7. The number of hydrogen-bond donors (Lipinski definition) is 1. The molecule has 0 atom stereocenters. The molecule has 1 aliphatic rings. The van der Waals surface area contributed by atoms with Gasteiger partial charge in [-0.1, -0.05) is 6.07 Å². The summed E-state index contributed by atoms with van der Waals surface area (Å²) in [5.74, 6) is -0.653. The molecule has 1 fully saturated rings. The van der Waals surface area contributed by atoms with Crippen molar-refractivity contribution in [2.75, 3.05) is 24.5 Å². The first-order chi connectivity index (χ1) is 11.2. The lowest BCUT2D eigenvalue weighted by atomic mass is 10.1. The second-order valence-electron chi connectivity index (χ2n) is 5.69. The summed E-state index contributed by atoms with van der Waals surface area (Å²) >= 11 is 1.67. The molecule has 3 rings (SSSR count). The topological polar surface area (TPSA) is 45.2 Å². The Morgan fingerprint density at radius 3 is 2.91 bits per heavy atom. The largest absolute Gasteiger partial charge is 0.352 e. The van der Waals surface area contributed by atoms with E-state index in [2.05, 4.69) is 20.6 Å². The fourth-order valence-corrected chi connectivity index (χ4v) is 3.59. The van der Waals surface area contributed by atoms with Crippen LogP contribution in [-0.4, -0.2) is 30.5 Å². The number of piperidine rings is 1. The number of carbonyl (C=O) groups is 1. The van der Waals surface area contributed by atoms with Crippen LogP contribution in [0, 0.1) is 5.82 Å². The Kier molecular flexibility index (Phi) is 5.23. The van der Waals surface area contributed by atoms with Crippen LogP contribution in [0.25, 0.3) is 0 Å². The maximum atomic E-state index is 13.1. The van der Waals surface area contributed by atoms with Crippen molar-refractivity contribution in [3.8, 4) is 0 Å². The van der Waals surface area contributed by atoms with E-state index in [1.807, 2.05) is 0 Å². The van der Waals surface area contributed by atoms with E-state index in [0.717, 1.165) is 23.9 Å². The van der Waals surface area contributed by atoms with Gasteiger partial charge in [-0.2, -0.15) is 0 Å². The molecule has 1 saturated heterocycles. The Morgan fingerprint density at radius 2 is 2.13 bits per heavy atom. The molecule has 23 heavy (non-hydrogen) atoms. The van der Waals surface area contributed by atoms with Gasteiger partial charge in [-0.3, -0.25) is 4.79 Å². The van der Waals surface area contributed by atoms with E-state index < -0.39 is 5.82 Å². The predicted octanol–water partition coefficient (Wildman–Crippen LogP) is 3.25. The number of hydrogen-bond acceptors (Lipinski definition) is 4. The summed E-state index contributed by atoms with van der Waals surface area (Å²) in [5.41, 5.74) is 1.34. The zero-order valence-corrected chi connectivity index (χ0v) is 13.7. The van der Waals surface area contributed by atoms with Gasteiger partial charge in [0.1, 0.15) is 5.82 Å². The van der Waals surface area contributed by atoms with E-state index >= 15 is 0 Å². The second kappa shape index (κ2) is 7.55. The number of halogens is 1. The van der Waals surface area contributed by atoms with Crippen molar-refractivity contribution < 1.29 is 9.18 Å². The van der Waals surface area contributed by atoms with E-state index in [1.54, 1.807) is 17.4 Å². The molecule has 0 aliphatic carbocycles. The third kappa shape index (κ3) is 4.28. The number of aromatic nitrogens is 1. The SMILES string of the molecule is O=C(NCCc1csc(N2CCCCC2)n1)c1cccc(F)c1. The molecule has 1 aliphatic heterocycles. The van der Waals surface area contributed by atoms with Gasteiger partial charge in [0, 0.05) is 37.0 Å². The summed E-state index contributed by atoms with van der Waals surface area (Å²) in [6.45, 7) is 2.67. The lowest BCUT2D eigenvalue weighted by Crippen LogP contribution is -2.29. The molecular weight excluding hydrogens is 313 g/mol. The Hall–Kier alpha value is -1.95. The molecule has 6 heteroatoms. The van der Waals surface area contributed by atoms with Crippen LogP contribution in [0.2, 0.25) is 0 Å². The van der Waals surface area contributed by atoms with Gasteiger partial charge in [0.05, 0.1) is 5.69 Å². The number of amides is 1. The Balaban J connectivity index is 1.49. The number of thiazole rings is 1. The molecular formula is C17H20FN3OS. The van der Waals surface area contributed by atoms with E-state index in [4.69, 9.17) is 0 Å². The molecule has 122 valence electrons. The lowest BCUT2D eigenvalue weighted by molar-refractivity contribution is 0.0953. The first-order valence-corrected chi connectivity index (χ1v) is 8.83. The average molecular weight is 333 g/mol. The molecule has 2 aromatic rings. The molecule has 1 aromatic heterocycles. The number of anilines is 1. The van der Waals surface area contributed by atoms with Gasteiger partial charge in [0.2, 0.25) is 0 Å². The molecule has 0 bridgehead atoms. The average Bonchev–Trinajstić information content (AvgIpc) is 3.04. The summed E-state index contributed by atoms with van der Waals surface area (Å²) in [4.78, 5) is 18.9. The zero-order valence-electron chi connectivity index (χ0n) is 12.9. The van der Waals surface area contributed by atoms with Crippen molar-refractivity contribution in [3.05, 3.63) is 46.7 Å². The first-order valence-electron chi connectivity index (χ1n) is 7.95. The summed E-state index contributed by atoms with van der Waals surface area (Å²) in [6, 6.07) is 5.71. The third-order valence-corrected chi connectivity index (χ3v) is 4.87. The molecule has 1 amide bonds. The molecule has 0 radical (unpaired) electrons. The quantitative estimate of drug-likeness (QED) is 0.913. The van der Waals surface area contributed by atoms with Crippen LogP contribution >= 0.6 is 11.3 Å². The fourth-order valence-electron chi connectivity index (χ4n) is 2.68. The number of nitrogens with one attached hydrogen (secondary N) is 1. The molecule has 4 nitrogen and oxygen atoms in total. The predicted molar refractivity (Wildman–Crippen MR) is 90.6 cm³/mol. The van der Waals surface area contributed by atoms with Gasteiger partial charge in [0.15, 0.2) is 5.13 Å². The van der Waals surface area contributed by atoms with Crippen LogP contribution in [0.15, 0.2) is 29.6 Å². The smallest absolute Gasteiger partial charge is 0.251 e. The lowest BCUT2D eigenvalue weighted by Gasteiger charge is -2.25. The van der Waals surface area contributed by atoms with Crippen LogP contribution < -0.4 is 10.2 Å². The van der Waals surface area contributed by atoms with Gasteiger partial charge in [0.25, 0.3) is 5.91 Å². The molecule has 0 saturated carbocycles. The molecule has 1 aromatic carbocycles. The maximum absolute atomic E-state index is 13.1. The highest BCUT2D eigenvalue weighted by atomic mass is 32.1. The van der Waals surface area contributed by atoms with Crippen molar-refractivity contribution in [1.82, 2.24) is 10.3 Å². The van der Waals surface area contributed by atoms with Crippen molar-refractivity contribution in [1.29, 1.82) is 0 Å². The molecule has 0 unspecified atom stereocenters. The molecule has 1 N–H and O–H groups in total. The van der Waals surface area contributed by atoms with Crippen LogP contribution in [0.4, 0.5) is 9.52 Å². The highest BCUT2D eigenvalue weighted by Crippen LogP contribution is 2.24. The van der Waals surface area contributed by atoms with Gasteiger partial charge in [-0.15, -0.1) is 11.3 Å². The summed E-state index contributed by atoms with van der Waals surface area (Å²) in [7, 11) is 0. The van der Waals surface area contributed by atoms with Gasteiger partial charge in [-0.25, -0.2) is 9.37 Å². The number of benzene rings is 1. The molecule has 0 spiro atoms. The van der Waals surface area contributed by atoms with Gasteiger partial charge >= 0.3 is 0 Å². The Labute approximate surface area is 139 Å².